The molecule has 1 unspecified atom stereocenters. The standard InChI is InChI=1S/C3H12N4O/c1-2(4,8)3(5,6)7/h8H,4-7H2,1H3. The maximum Gasteiger partial charge on any atom is 0.159 e. The van der Waals surface area contributed by atoms with Gasteiger partial charge in [-0.15, -0.1) is 0 Å². The van der Waals surface area contributed by atoms with Crippen molar-refractivity contribution in [3.8, 4) is 0 Å². The van der Waals surface area contributed by atoms with Gasteiger partial charge in [-0.3, -0.25) is 17.2 Å². The third-order valence-corrected chi connectivity index (χ3v) is 0.877. The molecular formula is C3H12N4O. The van der Waals surface area contributed by atoms with Crippen molar-refractivity contribution in [2.45, 2.75) is 18.4 Å². The molecule has 9 N–H and O–H groups in total. The van der Waals surface area contributed by atoms with E-state index in [0.717, 1.165) is 0 Å². The van der Waals surface area contributed by atoms with Crippen LogP contribution in [0, 0.1) is 0 Å². The fourth-order valence-corrected chi connectivity index (χ4v) is 0. The normalized spacial score (nSPS) is 20.2. The predicted octanol–water partition coefficient (Wildman–Crippen LogP) is -2.82. The van der Waals surface area contributed by atoms with Gasteiger partial charge in [-0.25, -0.2) is 0 Å². The van der Waals surface area contributed by atoms with Crippen LogP contribution in [-0.2, 0) is 0 Å². The first kappa shape index (κ1) is 7.80. The Morgan fingerprint density at radius 3 is 1.25 bits per heavy atom. The van der Waals surface area contributed by atoms with Gasteiger partial charge in [-0.1, -0.05) is 0 Å². The molecule has 0 saturated heterocycles. The van der Waals surface area contributed by atoms with Gasteiger partial charge in [-0.2, -0.15) is 0 Å². The monoisotopic (exact) mass is 120 g/mol. The maximum atomic E-state index is 8.76. The molecule has 0 radical (unpaired) electrons. The first-order valence-corrected chi connectivity index (χ1v) is 2.13. The van der Waals surface area contributed by atoms with Gasteiger partial charge >= 0.3 is 0 Å². The van der Waals surface area contributed by atoms with Crippen LogP contribution in [-0.4, -0.2) is 16.6 Å². The van der Waals surface area contributed by atoms with E-state index in [1.165, 1.54) is 6.92 Å². The molecule has 0 aliphatic rings. The van der Waals surface area contributed by atoms with Gasteiger partial charge in [-0.05, 0) is 6.92 Å². The minimum absolute atomic E-state index is 1.23. The topological polar surface area (TPSA) is 124 Å². The molecule has 0 aliphatic heterocycles. The van der Waals surface area contributed by atoms with Crippen LogP contribution >= 0.6 is 0 Å². The average Bonchev–Trinajstić information content (AvgIpc) is 1.25. The highest BCUT2D eigenvalue weighted by molar-refractivity contribution is 4.85. The van der Waals surface area contributed by atoms with Crippen molar-refractivity contribution < 1.29 is 5.11 Å². The molecule has 5 nitrogen and oxygen atoms in total. The highest BCUT2D eigenvalue weighted by Crippen LogP contribution is 1.97. The quantitative estimate of drug-likeness (QED) is 0.239. The van der Waals surface area contributed by atoms with Crippen LogP contribution < -0.4 is 22.9 Å². The van der Waals surface area contributed by atoms with Crippen LogP contribution in [0.1, 0.15) is 6.92 Å². The fourth-order valence-electron chi connectivity index (χ4n) is 0. The molecule has 0 heterocycles. The van der Waals surface area contributed by atoms with Gasteiger partial charge < -0.3 is 10.8 Å². The van der Waals surface area contributed by atoms with Crippen LogP contribution in [0.5, 0.6) is 0 Å². The Bertz CT molecular complexity index is 66.3. The van der Waals surface area contributed by atoms with E-state index in [9.17, 15) is 0 Å². The van der Waals surface area contributed by atoms with Gasteiger partial charge in [0.25, 0.3) is 0 Å². The summed E-state index contributed by atoms with van der Waals surface area (Å²) in [5.41, 5.74) is 18.2. The molecule has 0 saturated carbocycles. The Morgan fingerprint density at radius 2 is 1.25 bits per heavy atom. The molecular weight excluding hydrogens is 108 g/mol. The third kappa shape index (κ3) is 1.73. The van der Waals surface area contributed by atoms with Crippen LogP contribution in [0.15, 0.2) is 0 Å². The summed E-state index contributed by atoms with van der Waals surface area (Å²) in [6.07, 6.45) is 0. The average molecular weight is 120 g/mol. The second-order valence-electron chi connectivity index (χ2n) is 2.08. The van der Waals surface area contributed by atoms with Crippen molar-refractivity contribution in [2.75, 3.05) is 0 Å². The molecule has 0 spiro atoms. The van der Waals surface area contributed by atoms with E-state index in [4.69, 9.17) is 28.0 Å². The zero-order valence-electron chi connectivity index (χ0n) is 4.76. The lowest BCUT2D eigenvalue weighted by Crippen LogP contribution is -2.75. The van der Waals surface area contributed by atoms with Crippen molar-refractivity contribution in [3.05, 3.63) is 0 Å². The van der Waals surface area contributed by atoms with E-state index in [-0.39, 0.29) is 0 Å². The van der Waals surface area contributed by atoms with E-state index in [1.807, 2.05) is 0 Å². The molecule has 1 atom stereocenters. The van der Waals surface area contributed by atoms with Crippen LogP contribution in [0.4, 0.5) is 0 Å². The largest absolute Gasteiger partial charge is 0.372 e. The first-order valence-electron chi connectivity index (χ1n) is 2.13. The first-order chi connectivity index (χ1) is 3.25. The van der Waals surface area contributed by atoms with E-state index in [0.29, 0.717) is 0 Å². The lowest BCUT2D eigenvalue weighted by atomic mass is 10.1. The molecule has 0 aromatic heterocycles. The van der Waals surface area contributed by atoms with E-state index < -0.39 is 11.5 Å². The number of nitrogens with two attached hydrogens (primary N) is 4. The van der Waals surface area contributed by atoms with Gasteiger partial charge in [0.05, 0.1) is 0 Å². The molecule has 0 aromatic rings. The predicted molar refractivity (Wildman–Crippen MR) is 30.1 cm³/mol. The summed E-state index contributed by atoms with van der Waals surface area (Å²) in [6.45, 7) is 1.23. The second-order valence-corrected chi connectivity index (χ2v) is 2.08. The Labute approximate surface area is 47.6 Å². The SMILES string of the molecule is CC(N)(O)C(N)(N)N. The molecule has 50 valence electrons. The summed E-state index contributed by atoms with van der Waals surface area (Å²) < 4.78 is 0. The van der Waals surface area contributed by atoms with Crippen molar-refractivity contribution in [1.29, 1.82) is 0 Å². The third-order valence-electron chi connectivity index (χ3n) is 0.877. The Morgan fingerprint density at radius 1 is 1.12 bits per heavy atom. The Kier molecular flexibility index (Phi) is 1.60. The summed E-state index contributed by atoms with van der Waals surface area (Å²) in [7, 11) is 0. The van der Waals surface area contributed by atoms with Gasteiger partial charge in [0.2, 0.25) is 0 Å². The molecule has 0 rings (SSSR count). The second kappa shape index (κ2) is 1.64. The number of rotatable bonds is 1. The summed E-state index contributed by atoms with van der Waals surface area (Å²) in [5, 5.41) is 8.76. The van der Waals surface area contributed by atoms with Crippen LogP contribution in [0.3, 0.4) is 0 Å². The number of hydrogen-bond acceptors (Lipinski definition) is 5. The Balaban J connectivity index is 4.02. The van der Waals surface area contributed by atoms with Crippen LogP contribution in [0.2, 0.25) is 0 Å². The highest BCUT2D eigenvalue weighted by Gasteiger charge is 2.32. The molecule has 5 heteroatoms. The fraction of sp³-hybridized carbons (Fsp3) is 1.00. The van der Waals surface area contributed by atoms with Gasteiger partial charge in [0.1, 0.15) is 0 Å². The summed E-state index contributed by atoms with van der Waals surface area (Å²) in [5.74, 6) is -1.73. The Hall–Kier alpha value is -0.200. The van der Waals surface area contributed by atoms with Crippen molar-refractivity contribution in [2.24, 2.45) is 22.9 Å². The van der Waals surface area contributed by atoms with E-state index >= 15 is 0 Å². The van der Waals surface area contributed by atoms with Gasteiger partial charge in [0, 0.05) is 0 Å². The highest BCUT2D eigenvalue weighted by atomic mass is 16.3. The van der Waals surface area contributed by atoms with Crippen molar-refractivity contribution in [3.63, 3.8) is 0 Å². The summed E-state index contributed by atoms with van der Waals surface area (Å²) in [6, 6.07) is 0. The van der Waals surface area contributed by atoms with Crippen LogP contribution in [0.25, 0.3) is 0 Å². The zero-order valence-corrected chi connectivity index (χ0v) is 4.76. The molecule has 0 bridgehead atoms. The number of aliphatic hydroxyl groups is 1. The molecule has 0 aromatic carbocycles. The molecule has 0 amide bonds. The lowest BCUT2D eigenvalue weighted by molar-refractivity contribution is -0.00901. The minimum atomic E-state index is -1.73. The van der Waals surface area contributed by atoms with E-state index in [1.54, 1.807) is 0 Å². The van der Waals surface area contributed by atoms with Crippen molar-refractivity contribution >= 4 is 0 Å². The summed E-state index contributed by atoms with van der Waals surface area (Å²) in [4.78, 5) is 0. The number of hydrogen-bond donors (Lipinski definition) is 5. The maximum absolute atomic E-state index is 8.76. The van der Waals surface area contributed by atoms with Crippen molar-refractivity contribution in [1.82, 2.24) is 0 Å². The van der Waals surface area contributed by atoms with Gasteiger partial charge in [0.15, 0.2) is 11.5 Å². The molecule has 0 fully saturated rings. The van der Waals surface area contributed by atoms with E-state index in [2.05, 4.69) is 0 Å². The summed E-state index contributed by atoms with van der Waals surface area (Å²) >= 11 is 0. The lowest BCUT2D eigenvalue weighted by Gasteiger charge is -2.31. The smallest absolute Gasteiger partial charge is 0.159 e. The minimum Gasteiger partial charge on any atom is -0.372 e. The molecule has 0 aliphatic carbocycles. The molecule has 8 heavy (non-hydrogen) atoms. The zero-order chi connectivity index (χ0) is 7.00.